The van der Waals surface area contributed by atoms with Crippen LogP contribution in [0, 0.1) is 6.92 Å². The Morgan fingerprint density at radius 3 is 2.56 bits per heavy atom. The summed E-state index contributed by atoms with van der Waals surface area (Å²) in [6.45, 7) is 1.93. The molecule has 1 atom stereocenters. The maximum atomic E-state index is 5.57. The van der Waals surface area contributed by atoms with E-state index in [1.165, 1.54) is 0 Å². The normalized spacial score (nSPS) is 12.2. The molecule has 1 unspecified atom stereocenters. The second kappa shape index (κ2) is 5.52. The summed E-state index contributed by atoms with van der Waals surface area (Å²) in [6.07, 6.45) is 1.77. The van der Waals surface area contributed by atoms with Crippen molar-refractivity contribution < 1.29 is 4.74 Å². The van der Waals surface area contributed by atoms with Gasteiger partial charge in [0.25, 0.3) is 0 Å². The first-order valence-corrected chi connectivity index (χ1v) is 5.51. The predicted octanol–water partition coefficient (Wildman–Crippen LogP) is 0.741. The molecule has 2 rings (SSSR count). The Morgan fingerprint density at radius 1 is 1.22 bits per heavy atom. The molecule has 0 aliphatic rings. The molecule has 0 amide bonds. The van der Waals surface area contributed by atoms with Gasteiger partial charge in [0.15, 0.2) is 0 Å². The van der Waals surface area contributed by atoms with Gasteiger partial charge in [-0.2, -0.15) is 0 Å². The number of aryl methyl sites for hydroxylation is 1. The van der Waals surface area contributed by atoms with Crippen LogP contribution in [0.1, 0.15) is 23.0 Å². The maximum absolute atomic E-state index is 5.57. The van der Waals surface area contributed by atoms with Crippen LogP contribution >= 0.6 is 0 Å². The summed E-state index contributed by atoms with van der Waals surface area (Å²) in [7, 11) is 1.55. The molecule has 0 aromatic carbocycles. The van der Waals surface area contributed by atoms with Crippen molar-refractivity contribution in [3.63, 3.8) is 0 Å². The zero-order valence-electron chi connectivity index (χ0n) is 10.3. The van der Waals surface area contributed by atoms with E-state index < -0.39 is 0 Å². The van der Waals surface area contributed by atoms with Crippen molar-refractivity contribution >= 4 is 0 Å². The lowest BCUT2D eigenvalue weighted by atomic mass is 10.1. The molecule has 0 bridgehead atoms. The van der Waals surface area contributed by atoms with Gasteiger partial charge in [0.05, 0.1) is 18.8 Å². The largest absolute Gasteiger partial charge is 0.480 e. The molecule has 0 radical (unpaired) electrons. The van der Waals surface area contributed by atoms with Gasteiger partial charge in [0.1, 0.15) is 0 Å². The number of nitrogens with zero attached hydrogens (tertiary/aromatic N) is 3. The molecular formula is C12H15N5O. The third-order valence-corrected chi connectivity index (χ3v) is 2.60. The monoisotopic (exact) mass is 245 g/mol. The van der Waals surface area contributed by atoms with E-state index in [1.807, 2.05) is 25.1 Å². The van der Waals surface area contributed by atoms with Gasteiger partial charge in [0.2, 0.25) is 5.88 Å². The number of hydrogen-bond donors (Lipinski definition) is 2. The molecule has 0 saturated carbocycles. The minimum absolute atomic E-state index is 0.239. The van der Waals surface area contributed by atoms with Crippen LogP contribution in [-0.2, 0) is 0 Å². The van der Waals surface area contributed by atoms with Crippen molar-refractivity contribution in [1.82, 2.24) is 20.6 Å². The summed E-state index contributed by atoms with van der Waals surface area (Å²) in [4.78, 5) is 4.24. The average molecular weight is 245 g/mol. The smallest absolute Gasteiger partial charge is 0.233 e. The van der Waals surface area contributed by atoms with Crippen molar-refractivity contribution in [1.29, 1.82) is 0 Å². The molecule has 2 heterocycles. The standard InChI is InChI=1S/C12H15N5O/c1-8-3-4-9(7-14-8)12(15-13)10-5-6-11(18-2)17-16-10/h3-7,12,15H,13H2,1-2H3. The van der Waals surface area contributed by atoms with Gasteiger partial charge in [0, 0.05) is 18.0 Å². The SMILES string of the molecule is COc1ccc(C(NN)c2ccc(C)nc2)nn1. The lowest BCUT2D eigenvalue weighted by Crippen LogP contribution is -2.29. The highest BCUT2D eigenvalue weighted by Crippen LogP contribution is 2.19. The molecule has 0 aliphatic heterocycles. The highest BCUT2D eigenvalue weighted by molar-refractivity contribution is 5.26. The Morgan fingerprint density at radius 2 is 2.06 bits per heavy atom. The minimum atomic E-state index is -0.239. The highest BCUT2D eigenvalue weighted by atomic mass is 16.5. The van der Waals surface area contributed by atoms with E-state index in [2.05, 4.69) is 20.6 Å². The second-order valence-corrected chi connectivity index (χ2v) is 3.83. The number of nitrogens with one attached hydrogen (secondary N) is 1. The van der Waals surface area contributed by atoms with Crippen LogP contribution in [0.5, 0.6) is 5.88 Å². The Hall–Kier alpha value is -2.05. The fourth-order valence-corrected chi connectivity index (χ4v) is 1.60. The van der Waals surface area contributed by atoms with Crippen molar-refractivity contribution in [2.45, 2.75) is 13.0 Å². The summed E-state index contributed by atoms with van der Waals surface area (Å²) in [5, 5.41) is 8.00. The van der Waals surface area contributed by atoms with Crippen LogP contribution < -0.4 is 16.0 Å². The van der Waals surface area contributed by atoms with Gasteiger partial charge in [-0.3, -0.25) is 10.8 Å². The van der Waals surface area contributed by atoms with Crippen molar-refractivity contribution in [2.24, 2.45) is 5.84 Å². The first-order chi connectivity index (χ1) is 8.74. The van der Waals surface area contributed by atoms with Gasteiger partial charge in [-0.25, -0.2) is 5.43 Å². The number of hydrogen-bond acceptors (Lipinski definition) is 6. The molecule has 2 aromatic rings. The molecule has 0 spiro atoms. The fourth-order valence-electron chi connectivity index (χ4n) is 1.60. The van der Waals surface area contributed by atoms with Gasteiger partial charge in [-0.1, -0.05) is 6.07 Å². The molecule has 0 fully saturated rings. The second-order valence-electron chi connectivity index (χ2n) is 3.83. The highest BCUT2D eigenvalue weighted by Gasteiger charge is 2.14. The Kier molecular flexibility index (Phi) is 3.81. The molecule has 18 heavy (non-hydrogen) atoms. The number of aromatic nitrogens is 3. The summed E-state index contributed by atoms with van der Waals surface area (Å²) in [5.74, 6) is 6.04. The molecule has 6 nitrogen and oxygen atoms in total. The van der Waals surface area contributed by atoms with Crippen LogP contribution in [0.25, 0.3) is 0 Å². The van der Waals surface area contributed by atoms with Crippen LogP contribution in [0.3, 0.4) is 0 Å². The number of rotatable bonds is 4. The zero-order chi connectivity index (χ0) is 13.0. The number of nitrogens with two attached hydrogens (primary N) is 1. The lowest BCUT2D eigenvalue weighted by Gasteiger charge is -2.15. The molecule has 94 valence electrons. The van der Waals surface area contributed by atoms with E-state index in [0.717, 1.165) is 11.3 Å². The van der Waals surface area contributed by atoms with E-state index >= 15 is 0 Å². The lowest BCUT2D eigenvalue weighted by molar-refractivity contribution is 0.390. The third-order valence-electron chi connectivity index (χ3n) is 2.60. The molecule has 0 aliphatic carbocycles. The van der Waals surface area contributed by atoms with Gasteiger partial charge in [-0.05, 0) is 24.6 Å². The molecule has 2 aromatic heterocycles. The summed E-state index contributed by atoms with van der Waals surface area (Å²) < 4.78 is 4.97. The van der Waals surface area contributed by atoms with Crippen LogP contribution in [0.4, 0.5) is 0 Å². The quantitative estimate of drug-likeness (QED) is 0.610. The molecule has 3 N–H and O–H groups in total. The summed E-state index contributed by atoms with van der Waals surface area (Å²) in [5.41, 5.74) is 5.31. The average Bonchev–Trinajstić information content (AvgIpc) is 2.42. The van der Waals surface area contributed by atoms with E-state index in [-0.39, 0.29) is 6.04 Å². The first kappa shape index (κ1) is 12.4. The topological polar surface area (TPSA) is 86.0 Å². The van der Waals surface area contributed by atoms with Crippen molar-refractivity contribution in [3.05, 3.63) is 47.4 Å². The van der Waals surface area contributed by atoms with E-state index in [4.69, 9.17) is 10.6 Å². The molecule has 6 heteroatoms. The van der Waals surface area contributed by atoms with E-state index in [1.54, 1.807) is 19.4 Å². The van der Waals surface area contributed by atoms with E-state index in [9.17, 15) is 0 Å². The van der Waals surface area contributed by atoms with Crippen molar-refractivity contribution in [2.75, 3.05) is 7.11 Å². The maximum Gasteiger partial charge on any atom is 0.233 e. The summed E-state index contributed by atoms with van der Waals surface area (Å²) in [6, 6.07) is 7.21. The van der Waals surface area contributed by atoms with Crippen LogP contribution in [0.2, 0.25) is 0 Å². The minimum Gasteiger partial charge on any atom is -0.480 e. The Bertz CT molecular complexity index is 497. The predicted molar refractivity (Wildman–Crippen MR) is 66.7 cm³/mol. The number of hydrazine groups is 1. The van der Waals surface area contributed by atoms with Crippen LogP contribution in [-0.4, -0.2) is 22.3 Å². The molecular weight excluding hydrogens is 230 g/mol. The van der Waals surface area contributed by atoms with Gasteiger partial charge < -0.3 is 4.74 Å². The number of ether oxygens (including phenoxy) is 1. The number of methoxy groups -OCH3 is 1. The van der Waals surface area contributed by atoms with Gasteiger partial charge >= 0.3 is 0 Å². The third kappa shape index (κ3) is 2.61. The number of pyridine rings is 1. The zero-order valence-corrected chi connectivity index (χ0v) is 10.3. The van der Waals surface area contributed by atoms with Crippen LogP contribution in [0.15, 0.2) is 30.5 Å². The van der Waals surface area contributed by atoms with E-state index in [0.29, 0.717) is 11.6 Å². The van der Waals surface area contributed by atoms with Crippen molar-refractivity contribution in [3.8, 4) is 5.88 Å². The Labute approximate surface area is 105 Å². The van der Waals surface area contributed by atoms with Gasteiger partial charge in [-0.15, -0.1) is 10.2 Å². The Balaban J connectivity index is 2.29. The fraction of sp³-hybridized carbons (Fsp3) is 0.250. The summed E-state index contributed by atoms with van der Waals surface area (Å²) >= 11 is 0. The molecule has 0 saturated heterocycles. The first-order valence-electron chi connectivity index (χ1n) is 5.51.